The lowest BCUT2D eigenvalue weighted by Crippen LogP contribution is -2.04. The third-order valence-corrected chi connectivity index (χ3v) is 3.95. The number of hydrogen-bond donors (Lipinski definition) is 1. The first-order valence-electron chi connectivity index (χ1n) is 7.99. The van der Waals surface area contributed by atoms with Crippen molar-refractivity contribution in [2.75, 3.05) is 5.73 Å². The van der Waals surface area contributed by atoms with Crippen LogP contribution in [0.25, 0.3) is 10.9 Å². The molecule has 2 N–H and O–H groups in total. The Bertz CT molecular complexity index is 740. The average molecular weight is 297 g/mol. The largest absolute Gasteiger partial charge is 0.399 e. The molecule has 5 heteroatoms. The summed E-state index contributed by atoms with van der Waals surface area (Å²) in [4.78, 5) is 0. The van der Waals surface area contributed by atoms with Crippen molar-refractivity contribution in [2.24, 2.45) is 0 Å². The minimum atomic E-state index is 0.812. The van der Waals surface area contributed by atoms with Gasteiger partial charge in [-0.15, -0.1) is 5.10 Å². The number of nitrogen functional groups attached to an aromatic ring is 1. The van der Waals surface area contributed by atoms with Crippen molar-refractivity contribution in [1.82, 2.24) is 19.6 Å². The lowest BCUT2D eigenvalue weighted by atomic mass is 10.2. The highest BCUT2D eigenvalue weighted by Crippen LogP contribution is 2.19. The number of rotatable bonds is 7. The molecule has 3 rings (SSSR count). The number of anilines is 1. The summed E-state index contributed by atoms with van der Waals surface area (Å²) < 4.78 is 4.22. The Morgan fingerprint density at radius 1 is 1.14 bits per heavy atom. The van der Waals surface area contributed by atoms with E-state index < -0.39 is 0 Å². The van der Waals surface area contributed by atoms with E-state index in [2.05, 4.69) is 46.3 Å². The molecule has 5 nitrogen and oxygen atoms in total. The highest BCUT2D eigenvalue weighted by Gasteiger charge is 2.03. The molecule has 0 spiro atoms. The van der Waals surface area contributed by atoms with E-state index in [0.717, 1.165) is 37.3 Å². The fraction of sp³-hybridized carbons (Fsp3) is 0.412. The van der Waals surface area contributed by atoms with Gasteiger partial charge in [0.15, 0.2) is 0 Å². The molecule has 0 radical (unpaired) electrons. The molecule has 3 aromatic rings. The molecule has 0 aliphatic carbocycles. The van der Waals surface area contributed by atoms with Crippen molar-refractivity contribution in [3.8, 4) is 0 Å². The Balaban J connectivity index is 1.57. The summed E-state index contributed by atoms with van der Waals surface area (Å²) in [5.41, 5.74) is 8.96. The van der Waals surface area contributed by atoms with Crippen molar-refractivity contribution in [2.45, 2.75) is 45.7 Å². The van der Waals surface area contributed by atoms with Crippen LogP contribution in [0.5, 0.6) is 0 Å². The fourth-order valence-corrected chi connectivity index (χ4v) is 2.74. The SMILES string of the molecule is CCCCc1cn(CCCn2ccc3cc(N)ccc32)nn1. The van der Waals surface area contributed by atoms with Crippen molar-refractivity contribution in [3.05, 3.63) is 42.4 Å². The Morgan fingerprint density at radius 3 is 2.91 bits per heavy atom. The third kappa shape index (κ3) is 3.30. The van der Waals surface area contributed by atoms with E-state index in [1.807, 2.05) is 16.8 Å². The minimum Gasteiger partial charge on any atom is -0.399 e. The van der Waals surface area contributed by atoms with Crippen LogP contribution in [0.3, 0.4) is 0 Å². The van der Waals surface area contributed by atoms with Crippen molar-refractivity contribution < 1.29 is 0 Å². The topological polar surface area (TPSA) is 61.7 Å². The van der Waals surface area contributed by atoms with E-state index in [1.165, 1.54) is 23.7 Å². The standard InChI is InChI=1S/C17H23N5/c1-2-3-5-16-13-22(20-19-16)10-4-9-21-11-8-14-12-15(18)6-7-17(14)21/h6-8,11-13H,2-5,9-10,18H2,1H3. The van der Waals surface area contributed by atoms with E-state index in [0.29, 0.717) is 0 Å². The first-order valence-corrected chi connectivity index (χ1v) is 7.99. The van der Waals surface area contributed by atoms with Crippen molar-refractivity contribution in [3.63, 3.8) is 0 Å². The van der Waals surface area contributed by atoms with E-state index in [9.17, 15) is 0 Å². The van der Waals surface area contributed by atoms with Gasteiger partial charge in [0.25, 0.3) is 0 Å². The van der Waals surface area contributed by atoms with Crippen LogP contribution in [-0.2, 0) is 19.5 Å². The van der Waals surface area contributed by atoms with Crippen LogP contribution in [0, 0.1) is 0 Å². The van der Waals surface area contributed by atoms with E-state index in [1.54, 1.807) is 0 Å². The minimum absolute atomic E-state index is 0.812. The number of benzene rings is 1. The zero-order valence-corrected chi connectivity index (χ0v) is 13.1. The number of unbranched alkanes of at least 4 members (excludes halogenated alkanes) is 1. The highest BCUT2D eigenvalue weighted by molar-refractivity contribution is 5.83. The van der Waals surface area contributed by atoms with Crippen LogP contribution in [-0.4, -0.2) is 19.6 Å². The van der Waals surface area contributed by atoms with Gasteiger partial charge in [0.05, 0.1) is 5.69 Å². The molecule has 22 heavy (non-hydrogen) atoms. The Hall–Kier alpha value is -2.30. The van der Waals surface area contributed by atoms with Crippen LogP contribution in [0.2, 0.25) is 0 Å². The summed E-state index contributed by atoms with van der Waals surface area (Å²) in [5.74, 6) is 0. The summed E-state index contributed by atoms with van der Waals surface area (Å²) in [6.45, 7) is 4.06. The van der Waals surface area contributed by atoms with Gasteiger partial charge in [-0.05, 0) is 43.5 Å². The lowest BCUT2D eigenvalue weighted by molar-refractivity contribution is 0.520. The number of hydrogen-bond acceptors (Lipinski definition) is 3. The second-order valence-electron chi connectivity index (χ2n) is 5.76. The van der Waals surface area contributed by atoms with Gasteiger partial charge in [-0.2, -0.15) is 0 Å². The van der Waals surface area contributed by atoms with Gasteiger partial charge < -0.3 is 10.3 Å². The summed E-state index contributed by atoms with van der Waals surface area (Å²) in [7, 11) is 0. The molecule has 2 heterocycles. The van der Waals surface area contributed by atoms with Gasteiger partial charge in [-0.1, -0.05) is 18.6 Å². The maximum atomic E-state index is 5.82. The predicted molar refractivity (Wildman–Crippen MR) is 89.6 cm³/mol. The lowest BCUT2D eigenvalue weighted by Gasteiger charge is -2.05. The van der Waals surface area contributed by atoms with E-state index in [4.69, 9.17) is 5.73 Å². The van der Waals surface area contributed by atoms with Gasteiger partial charge >= 0.3 is 0 Å². The Kier molecular flexibility index (Phi) is 4.42. The van der Waals surface area contributed by atoms with Crippen LogP contribution >= 0.6 is 0 Å². The number of aromatic nitrogens is 4. The molecule has 0 amide bonds. The summed E-state index contributed by atoms with van der Waals surface area (Å²) >= 11 is 0. The Morgan fingerprint density at radius 2 is 2.05 bits per heavy atom. The molecule has 2 aromatic heterocycles. The second kappa shape index (κ2) is 6.64. The first-order chi connectivity index (χ1) is 10.8. The van der Waals surface area contributed by atoms with E-state index >= 15 is 0 Å². The molecular formula is C17H23N5. The maximum Gasteiger partial charge on any atom is 0.0827 e. The number of nitrogens with two attached hydrogens (primary N) is 1. The van der Waals surface area contributed by atoms with Gasteiger partial charge in [0.1, 0.15) is 0 Å². The van der Waals surface area contributed by atoms with Crippen molar-refractivity contribution in [1.29, 1.82) is 0 Å². The van der Waals surface area contributed by atoms with E-state index in [-0.39, 0.29) is 0 Å². The number of fused-ring (bicyclic) bond motifs is 1. The average Bonchev–Trinajstić information content (AvgIpc) is 3.12. The number of aryl methyl sites for hydroxylation is 3. The van der Waals surface area contributed by atoms with Crippen LogP contribution in [0.1, 0.15) is 31.9 Å². The quantitative estimate of drug-likeness (QED) is 0.681. The molecule has 1 aromatic carbocycles. The molecule has 0 bridgehead atoms. The normalized spacial score (nSPS) is 11.3. The molecule has 0 saturated carbocycles. The number of nitrogens with zero attached hydrogens (tertiary/aromatic N) is 4. The van der Waals surface area contributed by atoms with Crippen LogP contribution in [0.15, 0.2) is 36.7 Å². The molecule has 116 valence electrons. The van der Waals surface area contributed by atoms with Gasteiger partial charge in [-0.25, -0.2) is 0 Å². The van der Waals surface area contributed by atoms with Crippen LogP contribution in [0.4, 0.5) is 5.69 Å². The molecule has 0 atom stereocenters. The molecular weight excluding hydrogens is 274 g/mol. The summed E-state index contributed by atoms with van der Waals surface area (Å²) in [5, 5.41) is 9.62. The van der Waals surface area contributed by atoms with Gasteiger partial charge in [0, 0.05) is 42.1 Å². The maximum absolute atomic E-state index is 5.82. The Labute approximate surface area is 130 Å². The molecule has 0 fully saturated rings. The predicted octanol–water partition coefficient (Wildman–Crippen LogP) is 3.25. The highest BCUT2D eigenvalue weighted by atomic mass is 15.4. The third-order valence-electron chi connectivity index (χ3n) is 3.95. The van der Waals surface area contributed by atoms with Gasteiger partial charge in [0.2, 0.25) is 0 Å². The monoisotopic (exact) mass is 297 g/mol. The van der Waals surface area contributed by atoms with Gasteiger partial charge in [-0.3, -0.25) is 4.68 Å². The fourth-order valence-electron chi connectivity index (χ4n) is 2.74. The summed E-state index contributed by atoms with van der Waals surface area (Å²) in [6.07, 6.45) is 8.63. The zero-order chi connectivity index (χ0) is 15.4. The van der Waals surface area contributed by atoms with Crippen LogP contribution < -0.4 is 5.73 Å². The molecule has 0 saturated heterocycles. The van der Waals surface area contributed by atoms with Crippen molar-refractivity contribution >= 4 is 16.6 Å². The first kappa shape index (κ1) is 14.6. The summed E-state index contributed by atoms with van der Waals surface area (Å²) in [6, 6.07) is 8.17. The molecule has 0 unspecified atom stereocenters. The smallest absolute Gasteiger partial charge is 0.0827 e. The molecule has 0 aliphatic rings. The zero-order valence-electron chi connectivity index (χ0n) is 13.1. The second-order valence-corrected chi connectivity index (χ2v) is 5.76. The molecule has 0 aliphatic heterocycles.